The molecular weight excluding hydrogens is 178 g/mol. The smallest absolute Gasteiger partial charge is 0.239 e. The SMILES string of the molecule is CC(C)NC(C(N)=O)c1cccnc1. The minimum Gasteiger partial charge on any atom is -0.368 e. The lowest BCUT2D eigenvalue weighted by Gasteiger charge is -2.17. The first-order valence-electron chi connectivity index (χ1n) is 4.56. The van der Waals surface area contributed by atoms with Gasteiger partial charge in [-0.1, -0.05) is 6.07 Å². The Morgan fingerprint density at radius 2 is 2.29 bits per heavy atom. The van der Waals surface area contributed by atoms with Crippen LogP contribution in [0.15, 0.2) is 24.5 Å². The zero-order valence-electron chi connectivity index (χ0n) is 8.40. The number of nitrogens with zero attached hydrogens (tertiary/aromatic N) is 1. The van der Waals surface area contributed by atoms with Crippen molar-refractivity contribution in [2.75, 3.05) is 0 Å². The summed E-state index contributed by atoms with van der Waals surface area (Å²) in [5, 5.41) is 3.08. The van der Waals surface area contributed by atoms with Gasteiger partial charge in [-0.25, -0.2) is 0 Å². The molecular formula is C10H15N3O. The largest absolute Gasteiger partial charge is 0.368 e. The molecule has 0 saturated heterocycles. The molecule has 0 aliphatic rings. The average Bonchev–Trinajstić information content (AvgIpc) is 2.15. The Morgan fingerprint density at radius 3 is 2.71 bits per heavy atom. The Labute approximate surface area is 83.5 Å². The van der Waals surface area contributed by atoms with Gasteiger partial charge in [-0.05, 0) is 25.5 Å². The second-order valence-corrected chi connectivity index (χ2v) is 3.44. The molecule has 0 fully saturated rings. The van der Waals surface area contributed by atoms with Crippen molar-refractivity contribution in [2.45, 2.75) is 25.9 Å². The fourth-order valence-corrected chi connectivity index (χ4v) is 1.22. The molecule has 1 unspecified atom stereocenters. The topological polar surface area (TPSA) is 68.0 Å². The lowest BCUT2D eigenvalue weighted by molar-refractivity contribution is -0.120. The van der Waals surface area contributed by atoms with Gasteiger partial charge in [-0.3, -0.25) is 15.1 Å². The molecule has 1 atom stereocenters. The van der Waals surface area contributed by atoms with E-state index in [1.165, 1.54) is 0 Å². The van der Waals surface area contributed by atoms with Crippen LogP contribution in [0.5, 0.6) is 0 Å². The van der Waals surface area contributed by atoms with E-state index in [1.54, 1.807) is 18.5 Å². The van der Waals surface area contributed by atoms with E-state index in [9.17, 15) is 4.79 Å². The maximum Gasteiger partial charge on any atom is 0.239 e. The number of nitrogens with two attached hydrogens (primary N) is 1. The Balaban J connectivity index is 2.84. The predicted molar refractivity (Wildman–Crippen MR) is 54.4 cm³/mol. The lowest BCUT2D eigenvalue weighted by Crippen LogP contribution is -2.37. The number of aromatic nitrogens is 1. The van der Waals surface area contributed by atoms with Crippen LogP contribution in [0.1, 0.15) is 25.5 Å². The third kappa shape index (κ3) is 2.81. The molecule has 0 bridgehead atoms. The fraction of sp³-hybridized carbons (Fsp3) is 0.400. The molecule has 3 N–H and O–H groups in total. The van der Waals surface area contributed by atoms with Crippen molar-refractivity contribution in [1.82, 2.24) is 10.3 Å². The van der Waals surface area contributed by atoms with Gasteiger partial charge in [-0.2, -0.15) is 0 Å². The van der Waals surface area contributed by atoms with Gasteiger partial charge < -0.3 is 5.73 Å². The van der Waals surface area contributed by atoms with Gasteiger partial charge in [0.25, 0.3) is 0 Å². The van der Waals surface area contributed by atoms with E-state index >= 15 is 0 Å². The molecule has 1 aromatic heterocycles. The summed E-state index contributed by atoms with van der Waals surface area (Å²) in [6, 6.07) is 3.36. The van der Waals surface area contributed by atoms with Crippen LogP contribution in [-0.4, -0.2) is 16.9 Å². The minimum atomic E-state index is -0.455. The maximum atomic E-state index is 11.2. The molecule has 0 aromatic carbocycles. The van der Waals surface area contributed by atoms with Crippen LogP contribution < -0.4 is 11.1 Å². The summed E-state index contributed by atoms with van der Waals surface area (Å²) in [7, 11) is 0. The minimum absolute atomic E-state index is 0.202. The van der Waals surface area contributed by atoms with E-state index in [-0.39, 0.29) is 11.9 Å². The van der Waals surface area contributed by atoms with Crippen LogP contribution in [-0.2, 0) is 4.79 Å². The Bertz CT molecular complexity index is 297. The van der Waals surface area contributed by atoms with E-state index in [0.29, 0.717) is 0 Å². The summed E-state index contributed by atoms with van der Waals surface area (Å²) >= 11 is 0. The molecule has 76 valence electrons. The quantitative estimate of drug-likeness (QED) is 0.736. The van der Waals surface area contributed by atoms with Crippen LogP contribution in [0.3, 0.4) is 0 Å². The monoisotopic (exact) mass is 193 g/mol. The molecule has 1 rings (SSSR count). The molecule has 0 aliphatic heterocycles. The molecule has 0 spiro atoms. The van der Waals surface area contributed by atoms with Crippen LogP contribution in [0.4, 0.5) is 0 Å². The van der Waals surface area contributed by atoms with Gasteiger partial charge in [0.05, 0.1) is 0 Å². The van der Waals surface area contributed by atoms with Gasteiger partial charge in [-0.15, -0.1) is 0 Å². The van der Waals surface area contributed by atoms with Crippen molar-refractivity contribution in [2.24, 2.45) is 5.73 Å². The number of hydrogen-bond donors (Lipinski definition) is 2. The standard InChI is InChI=1S/C10H15N3O/c1-7(2)13-9(10(11)14)8-4-3-5-12-6-8/h3-7,9,13H,1-2H3,(H2,11,14). The van der Waals surface area contributed by atoms with Crippen molar-refractivity contribution in [3.63, 3.8) is 0 Å². The van der Waals surface area contributed by atoms with E-state index in [4.69, 9.17) is 5.73 Å². The highest BCUT2D eigenvalue weighted by Crippen LogP contribution is 2.11. The predicted octanol–water partition coefficient (Wildman–Crippen LogP) is 0.606. The Morgan fingerprint density at radius 1 is 1.57 bits per heavy atom. The molecule has 1 amide bonds. The number of carbonyl (C=O) groups excluding carboxylic acids is 1. The van der Waals surface area contributed by atoms with E-state index in [2.05, 4.69) is 10.3 Å². The van der Waals surface area contributed by atoms with E-state index in [0.717, 1.165) is 5.56 Å². The summed E-state index contributed by atoms with van der Waals surface area (Å²) in [6.07, 6.45) is 3.31. The number of amides is 1. The summed E-state index contributed by atoms with van der Waals surface area (Å²) in [5.74, 6) is -0.383. The number of nitrogens with one attached hydrogen (secondary N) is 1. The molecule has 4 heteroatoms. The average molecular weight is 193 g/mol. The van der Waals surface area contributed by atoms with Crippen LogP contribution in [0.2, 0.25) is 0 Å². The molecule has 1 heterocycles. The molecule has 14 heavy (non-hydrogen) atoms. The third-order valence-corrected chi connectivity index (χ3v) is 1.80. The summed E-state index contributed by atoms with van der Waals surface area (Å²) in [5.41, 5.74) is 6.09. The maximum absolute atomic E-state index is 11.2. The first kappa shape index (κ1) is 10.7. The van der Waals surface area contributed by atoms with Crippen LogP contribution in [0, 0.1) is 0 Å². The number of primary amides is 1. The summed E-state index contributed by atoms with van der Waals surface area (Å²) in [6.45, 7) is 3.93. The van der Waals surface area contributed by atoms with Gasteiger partial charge in [0.15, 0.2) is 0 Å². The van der Waals surface area contributed by atoms with E-state index in [1.807, 2.05) is 19.9 Å². The number of rotatable bonds is 4. The second kappa shape index (κ2) is 4.72. The highest BCUT2D eigenvalue weighted by Gasteiger charge is 2.17. The summed E-state index contributed by atoms with van der Waals surface area (Å²) < 4.78 is 0. The van der Waals surface area contributed by atoms with Crippen molar-refractivity contribution in [3.8, 4) is 0 Å². The van der Waals surface area contributed by atoms with Crippen LogP contribution in [0.25, 0.3) is 0 Å². The Hall–Kier alpha value is -1.42. The number of pyridine rings is 1. The summed E-state index contributed by atoms with van der Waals surface area (Å²) in [4.78, 5) is 15.1. The normalized spacial score (nSPS) is 12.8. The molecule has 4 nitrogen and oxygen atoms in total. The Kier molecular flexibility index (Phi) is 3.59. The zero-order valence-corrected chi connectivity index (χ0v) is 8.40. The molecule has 1 aromatic rings. The number of hydrogen-bond acceptors (Lipinski definition) is 3. The fourth-order valence-electron chi connectivity index (χ4n) is 1.22. The van der Waals surface area contributed by atoms with Gasteiger partial charge in [0.1, 0.15) is 6.04 Å². The second-order valence-electron chi connectivity index (χ2n) is 3.44. The number of carbonyl (C=O) groups is 1. The van der Waals surface area contributed by atoms with Gasteiger partial charge >= 0.3 is 0 Å². The molecule has 0 saturated carbocycles. The van der Waals surface area contributed by atoms with E-state index < -0.39 is 6.04 Å². The lowest BCUT2D eigenvalue weighted by atomic mass is 10.1. The van der Waals surface area contributed by atoms with Crippen LogP contribution >= 0.6 is 0 Å². The highest BCUT2D eigenvalue weighted by molar-refractivity contribution is 5.81. The highest BCUT2D eigenvalue weighted by atomic mass is 16.1. The van der Waals surface area contributed by atoms with Crippen molar-refractivity contribution < 1.29 is 4.79 Å². The molecule has 0 aliphatic carbocycles. The molecule has 0 radical (unpaired) electrons. The van der Waals surface area contributed by atoms with Gasteiger partial charge in [0.2, 0.25) is 5.91 Å². The van der Waals surface area contributed by atoms with Crippen molar-refractivity contribution >= 4 is 5.91 Å². The first-order chi connectivity index (χ1) is 6.61. The van der Waals surface area contributed by atoms with Gasteiger partial charge in [0, 0.05) is 18.4 Å². The third-order valence-electron chi connectivity index (χ3n) is 1.80. The zero-order chi connectivity index (χ0) is 10.6. The first-order valence-corrected chi connectivity index (χ1v) is 4.56. The van der Waals surface area contributed by atoms with Crippen molar-refractivity contribution in [1.29, 1.82) is 0 Å². The van der Waals surface area contributed by atoms with Crippen molar-refractivity contribution in [3.05, 3.63) is 30.1 Å².